The van der Waals surface area contributed by atoms with Gasteiger partial charge < -0.3 is 5.73 Å². The van der Waals surface area contributed by atoms with Crippen molar-refractivity contribution in [1.29, 1.82) is 0 Å². The second-order valence-corrected chi connectivity index (χ2v) is 6.83. The summed E-state index contributed by atoms with van der Waals surface area (Å²) in [5.41, 5.74) is 7.09. The highest BCUT2D eigenvalue weighted by Gasteiger charge is 2.23. The van der Waals surface area contributed by atoms with E-state index in [2.05, 4.69) is 47.1 Å². The number of thioether (sulfide) groups is 1. The first kappa shape index (κ1) is 17.3. The van der Waals surface area contributed by atoms with Gasteiger partial charge in [0.15, 0.2) is 0 Å². The molecular formula is C14H22BrClN2S. The summed E-state index contributed by atoms with van der Waals surface area (Å²) in [4.78, 5) is 2.35. The lowest BCUT2D eigenvalue weighted by molar-refractivity contribution is 0.188. The molecule has 0 saturated heterocycles. The van der Waals surface area contributed by atoms with Crippen LogP contribution in [-0.4, -0.2) is 36.5 Å². The molecule has 0 aliphatic carbocycles. The zero-order valence-corrected chi connectivity index (χ0v) is 14.9. The van der Waals surface area contributed by atoms with Crippen LogP contribution in [0.3, 0.4) is 0 Å². The fraction of sp³-hybridized carbons (Fsp3) is 0.571. The Morgan fingerprint density at radius 2 is 2.16 bits per heavy atom. The van der Waals surface area contributed by atoms with Crippen molar-refractivity contribution < 1.29 is 0 Å². The SMILES string of the molecule is CCC(CSC)N(C)C(CN)c1ccc(Br)cc1Cl. The molecule has 2 nitrogen and oxygen atoms in total. The first-order chi connectivity index (χ1) is 9.04. The van der Waals surface area contributed by atoms with Gasteiger partial charge in [-0.25, -0.2) is 0 Å². The number of hydrogen-bond acceptors (Lipinski definition) is 3. The van der Waals surface area contributed by atoms with Gasteiger partial charge in [0.1, 0.15) is 0 Å². The smallest absolute Gasteiger partial charge is 0.0485 e. The monoisotopic (exact) mass is 364 g/mol. The predicted octanol–water partition coefficient (Wildman–Crippen LogP) is 4.18. The molecule has 0 spiro atoms. The maximum absolute atomic E-state index is 6.35. The van der Waals surface area contributed by atoms with Crippen LogP contribution in [0.1, 0.15) is 24.9 Å². The maximum Gasteiger partial charge on any atom is 0.0485 e. The number of hydrogen-bond donors (Lipinski definition) is 1. The minimum absolute atomic E-state index is 0.165. The van der Waals surface area contributed by atoms with Crippen molar-refractivity contribution in [2.24, 2.45) is 5.73 Å². The minimum atomic E-state index is 0.165. The van der Waals surface area contributed by atoms with E-state index in [9.17, 15) is 0 Å². The Labute approximate surface area is 134 Å². The molecule has 0 saturated carbocycles. The molecule has 1 aromatic rings. The average Bonchev–Trinajstić information content (AvgIpc) is 2.39. The fourth-order valence-electron chi connectivity index (χ4n) is 2.25. The molecule has 2 unspecified atom stereocenters. The second-order valence-electron chi connectivity index (χ2n) is 4.60. The Morgan fingerprint density at radius 1 is 1.47 bits per heavy atom. The third-order valence-corrected chi connectivity index (χ3v) is 4.98. The van der Waals surface area contributed by atoms with Crippen LogP contribution in [0.5, 0.6) is 0 Å². The van der Waals surface area contributed by atoms with Crippen LogP contribution < -0.4 is 5.73 Å². The first-order valence-electron chi connectivity index (χ1n) is 6.41. The Balaban J connectivity index is 2.98. The Hall–Kier alpha value is 0.260. The number of likely N-dealkylation sites (N-methyl/N-ethyl adjacent to an activating group) is 1. The van der Waals surface area contributed by atoms with E-state index in [1.165, 1.54) is 0 Å². The van der Waals surface area contributed by atoms with Crippen molar-refractivity contribution in [2.75, 3.05) is 25.6 Å². The standard InChI is InChI=1S/C14H22BrClN2S/c1-4-11(9-19-3)18(2)14(8-17)12-6-5-10(15)7-13(12)16/h5-7,11,14H,4,8-9,17H2,1-3H3. The molecule has 0 radical (unpaired) electrons. The molecule has 0 aliphatic heterocycles. The van der Waals surface area contributed by atoms with Crippen molar-refractivity contribution in [1.82, 2.24) is 4.90 Å². The molecule has 0 aliphatic rings. The van der Waals surface area contributed by atoms with Gasteiger partial charge in [0.25, 0.3) is 0 Å². The van der Waals surface area contributed by atoms with E-state index in [1.54, 1.807) is 0 Å². The molecule has 0 aromatic heterocycles. The van der Waals surface area contributed by atoms with E-state index in [0.717, 1.165) is 27.2 Å². The van der Waals surface area contributed by atoms with Gasteiger partial charge in [0.05, 0.1) is 0 Å². The van der Waals surface area contributed by atoms with Gasteiger partial charge in [0, 0.05) is 33.9 Å². The topological polar surface area (TPSA) is 29.3 Å². The van der Waals surface area contributed by atoms with Crippen LogP contribution in [0, 0.1) is 0 Å². The molecule has 0 fully saturated rings. The average molecular weight is 366 g/mol. The highest BCUT2D eigenvalue weighted by atomic mass is 79.9. The van der Waals surface area contributed by atoms with Gasteiger partial charge in [0.2, 0.25) is 0 Å². The van der Waals surface area contributed by atoms with Crippen LogP contribution in [0.4, 0.5) is 0 Å². The molecule has 5 heteroatoms. The van der Waals surface area contributed by atoms with Gasteiger partial charge in [-0.3, -0.25) is 4.90 Å². The summed E-state index contributed by atoms with van der Waals surface area (Å²) in [7, 11) is 2.14. The summed E-state index contributed by atoms with van der Waals surface area (Å²) in [6.45, 7) is 2.79. The summed E-state index contributed by atoms with van der Waals surface area (Å²) in [5, 5.41) is 0.774. The van der Waals surface area contributed by atoms with Crippen LogP contribution in [0.25, 0.3) is 0 Å². The largest absolute Gasteiger partial charge is 0.329 e. The van der Waals surface area contributed by atoms with Gasteiger partial charge in [-0.05, 0) is 37.4 Å². The number of halogens is 2. The third-order valence-electron chi connectivity index (χ3n) is 3.44. The third kappa shape index (κ3) is 4.64. The summed E-state index contributed by atoms with van der Waals surface area (Å²) in [5.74, 6) is 1.11. The van der Waals surface area contributed by atoms with E-state index < -0.39 is 0 Å². The molecule has 1 rings (SSSR count). The molecule has 1 aromatic carbocycles. The Bertz CT molecular complexity index is 403. The Morgan fingerprint density at radius 3 is 2.63 bits per heavy atom. The summed E-state index contributed by atoms with van der Waals surface area (Å²) < 4.78 is 0.996. The number of rotatable bonds is 7. The van der Waals surface area contributed by atoms with E-state index in [1.807, 2.05) is 23.9 Å². The number of nitrogens with zero attached hydrogens (tertiary/aromatic N) is 1. The molecule has 108 valence electrons. The van der Waals surface area contributed by atoms with Crippen LogP contribution >= 0.6 is 39.3 Å². The van der Waals surface area contributed by atoms with E-state index >= 15 is 0 Å². The lowest BCUT2D eigenvalue weighted by Gasteiger charge is -2.34. The van der Waals surface area contributed by atoms with E-state index in [0.29, 0.717) is 12.6 Å². The zero-order chi connectivity index (χ0) is 14.4. The van der Waals surface area contributed by atoms with Gasteiger partial charge in [-0.15, -0.1) is 0 Å². The first-order valence-corrected chi connectivity index (χ1v) is 8.97. The van der Waals surface area contributed by atoms with Crippen LogP contribution in [0.2, 0.25) is 5.02 Å². The van der Waals surface area contributed by atoms with Crippen molar-refractivity contribution in [3.05, 3.63) is 33.3 Å². The Kier molecular flexibility index (Phi) is 7.77. The number of nitrogens with two attached hydrogens (primary N) is 1. The summed E-state index contributed by atoms with van der Waals surface area (Å²) >= 11 is 11.7. The fourth-order valence-corrected chi connectivity index (χ4v) is 3.91. The molecular weight excluding hydrogens is 344 g/mol. The quantitative estimate of drug-likeness (QED) is 0.786. The van der Waals surface area contributed by atoms with Crippen molar-refractivity contribution >= 4 is 39.3 Å². The molecule has 19 heavy (non-hydrogen) atoms. The van der Waals surface area contributed by atoms with Gasteiger partial charge in [-0.1, -0.05) is 40.5 Å². The van der Waals surface area contributed by atoms with Crippen LogP contribution in [0.15, 0.2) is 22.7 Å². The highest BCUT2D eigenvalue weighted by molar-refractivity contribution is 9.10. The molecule has 0 amide bonds. The molecule has 0 bridgehead atoms. The second kappa shape index (κ2) is 8.53. The molecule has 2 atom stereocenters. The van der Waals surface area contributed by atoms with Gasteiger partial charge in [-0.2, -0.15) is 11.8 Å². The predicted molar refractivity (Wildman–Crippen MR) is 91.2 cm³/mol. The van der Waals surface area contributed by atoms with Crippen LogP contribution in [-0.2, 0) is 0 Å². The minimum Gasteiger partial charge on any atom is -0.329 e. The van der Waals surface area contributed by atoms with Gasteiger partial charge >= 0.3 is 0 Å². The van der Waals surface area contributed by atoms with E-state index in [4.69, 9.17) is 17.3 Å². The highest BCUT2D eigenvalue weighted by Crippen LogP contribution is 2.30. The zero-order valence-electron chi connectivity index (χ0n) is 11.7. The lowest BCUT2D eigenvalue weighted by Crippen LogP contribution is -2.39. The summed E-state index contributed by atoms with van der Waals surface area (Å²) in [6, 6.07) is 6.70. The molecule has 0 heterocycles. The lowest BCUT2D eigenvalue weighted by atomic mass is 10.0. The van der Waals surface area contributed by atoms with Crippen molar-refractivity contribution in [2.45, 2.75) is 25.4 Å². The van der Waals surface area contributed by atoms with E-state index in [-0.39, 0.29) is 6.04 Å². The van der Waals surface area contributed by atoms with Crippen molar-refractivity contribution in [3.63, 3.8) is 0 Å². The van der Waals surface area contributed by atoms with Crippen molar-refractivity contribution in [3.8, 4) is 0 Å². The normalized spacial score (nSPS) is 14.7. The molecule has 2 N–H and O–H groups in total. The maximum atomic E-state index is 6.35. The summed E-state index contributed by atoms with van der Waals surface area (Å²) in [6.07, 6.45) is 3.25. The number of benzene rings is 1.